The minimum absolute atomic E-state index is 0.000735. The van der Waals surface area contributed by atoms with Crippen molar-refractivity contribution in [2.45, 2.75) is 75.3 Å². The molecule has 214 valence electrons. The summed E-state index contributed by atoms with van der Waals surface area (Å²) in [5.41, 5.74) is 1.06. The van der Waals surface area contributed by atoms with Crippen LogP contribution >= 0.6 is 0 Å². The molecule has 4 fully saturated rings. The van der Waals surface area contributed by atoms with E-state index in [1.807, 2.05) is 6.07 Å². The van der Waals surface area contributed by atoms with Gasteiger partial charge in [-0.1, -0.05) is 25.0 Å². The third kappa shape index (κ3) is 4.86. The Morgan fingerprint density at radius 3 is 2.30 bits per heavy atom. The number of nitrogens with zero attached hydrogens (tertiary/aromatic N) is 5. The molecule has 0 radical (unpaired) electrons. The van der Waals surface area contributed by atoms with E-state index in [-0.39, 0.29) is 34.7 Å². The Morgan fingerprint density at radius 2 is 1.73 bits per heavy atom. The molecule has 1 N–H and O–H groups in total. The Bertz CT molecular complexity index is 1230. The van der Waals surface area contributed by atoms with Gasteiger partial charge in [0.05, 0.1) is 30.2 Å². The molecule has 8 nitrogen and oxygen atoms in total. The van der Waals surface area contributed by atoms with Crippen LogP contribution in [0.3, 0.4) is 0 Å². The molecule has 1 aromatic carbocycles. The van der Waals surface area contributed by atoms with Crippen molar-refractivity contribution in [2.24, 2.45) is 11.8 Å². The molecule has 1 saturated heterocycles. The van der Waals surface area contributed by atoms with Gasteiger partial charge in [0, 0.05) is 18.6 Å². The number of amides is 3. The third-order valence-electron chi connectivity index (χ3n) is 10.3. The minimum Gasteiger partial charge on any atom is -0.349 e. The Kier molecular flexibility index (Phi) is 7.27. The molecule has 0 unspecified atom stereocenters. The lowest BCUT2D eigenvalue weighted by atomic mass is 9.68. The average Bonchev–Trinajstić information content (AvgIpc) is 3.16. The molecule has 2 heterocycles. The van der Waals surface area contributed by atoms with Gasteiger partial charge < -0.3 is 10.2 Å². The number of nitrogens with one attached hydrogen (secondary N) is 1. The van der Waals surface area contributed by atoms with E-state index in [2.05, 4.69) is 39.2 Å². The number of urea groups is 1. The lowest BCUT2D eigenvalue weighted by Crippen LogP contribution is -2.56. The van der Waals surface area contributed by atoms with Crippen molar-refractivity contribution in [1.29, 1.82) is 0 Å². The predicted molar refractivity (Wildman–Crippen MR) is 151 cm³/mol. The zero-order valence-electron chi connectivity index (χ0n) is 23.7. The topological polar surface area (TPSA) is 81.7 Å². The number of carbonyl (C=O) groups excluding carboxylic acids is 2. The number of anilines is 1. The first kappa shape index (κ1) is 27.1. The van der Waals surface area contributed by atoms with Crippen molar-refractivity contribution in [2.75, 3.05) is 38.6 Å². The van der Waals surface area contributed by atoms with Crippen LogP contribution in [-0.2, 0) is 5.54 Å². The summed E-state index contributed by atoms with van der Waals surface area (Å²) in [5, 5.41) is 2.94. The molecule has 3 aliphatic carbocycles. The van der Waals surface area contributed by atoms with Gasteiger partial charge in [-0.15, -0.1) is 0 Å². The SMILES string of the molecule is CN(C)C1(c2cccc(F)c2)CCC2(CC1)CN(c1cnc(C(=O)NCC3CCC3)nc1)C(=O)N2CC1CCC1. The summed E-state index contributed by atoms with van der Waals surface area (Å²) in [6.07, 6.45) is 13.7. The Morgan fingerprint density at radius 1 is 1.05 bits per heavy atom. The first-order chi connectivity index (χ1) is 19.3. The number of aromatic nitrogens is 2. The molecule has 4 aliphatic rings. The van der Waals surface area contributed by atoms with Gasteiger partial charge in [-0.05, 0) is 95.0 Å². The molecule has 0 bridgehead atoms. The molecule has 3 amide bonds. The molecule has 9 heteroatoms. The fourth-order valence-electron chi connectivity index (χ4n) is 7.12. The minimum atomic E-state index is -0.293. The van der Waals surface area contributed by atoms with Crippen molar-refractivity contribution in [3.8, 4) is 0 Å². The second kappa shape index (κ2) is 10.7. The highest BCUT2D eigenvalue weighted by Gasteiger charge is 2.55. The zero-order chi connectivity index (χ0) is 27.9. The first-order valence-corrected chi connectivity index (χ1v) is 14.9. The highest BCUT2D eigenvalue weighted by atomic mass is 19.1. The van der Waals surface area contributed by atoms with Crippen molar-refractivity contribution in [1.82, 2.24) is 25.1 Å². The maximum absolute atomic E-state index is 14.3. The normalized spacial score (nSPS) is 27.2. The van der Waals surface area contributed by atoms with Gasteiger partial charge in [0.25, 0.3) is 5.91 Å². The number of hydrogen-bond acceptors (Lipinski definition) is 5. The lowest BCUT2D eigenvalue weighted by molar-refractivity contribution is 0.0171. The van der Waals surface area contributed by atoms with Crippen LogP contribution in [0.2, 0.25) is 0 Å². The second-order valence-corrected chi connectivity index (χ2v) is 12.7. The fourth-order valence-corrected chi connectivity index (χ4v) is 7.12. The molecule has 3 saturated carbocycles. The quantitative estimate of drug-likeness (QED) is 0.505. The van der Waals surface area contributed by atoms with Crippen molar-refractivity contribution >= 4 is 17.6 Å². The summed E-state index contributed by atoms with van der Waals surface area (Å²) >= 11 is 0. The summed E-state index contributed by atoms with van der Waals surface area (Å²) < 4.78 is 14.3. The number of halogens is 1. The maximum atomic E-state index is 14.3. The number of benzene rings is 1. The van der Waals surface area contributed by atoms with E-state index >= 15 is 0 Å². The average molecular weight is 549 g/mol. The van der Waals surface area contributed by atoms with Crippen LogP contribution in [0.15, 0.2) is 36.7 Å². The third-order valence-corrected chi connectivity index (χ3v) is 10.3. The van der Waals surface area contributed by atoms with Crippen LogP contribution in [0, 0.1) is 17.7 Å². The van der Waals surface area contributed by atoms with Gasteiger partial charge in [0.1, 0.15) is 5.82 Å². The molecule has 1 spiro atoms. The van der Waals surface area contributed by atoms with Crippen LogP contribution in [0.5, 0.6) is 0 Å². The lowest BCUT2D eigenvalue weighted by Gasteiger charge is -2.51. The van der Waals surface area contributed by atoms with Crippen LogP contribution in [0.1, 0.15) is 80.4 Å². The molecule has 1 aromatic heterocycles. The molecule has 6 rings (SSSR count). The monoisotopic (exact) mass is 548 g/mol. The molecular weight excluding hydrogens is 507 g/mol. The Hall–Kier alpha value is -3.07. The van der Waals surface area contributed by atoms with Gasteiger partial charge in [-0.3, -0.25) is 14.6 Å². The van der Waals surface area contributed by atoms with Crippen LogP contribution in [0.25, 0.3) is 0 Å². The predicted octanol–water partition coefficient (Wildman–Crippen LogP) is 4.96. The van der Waals surface area contributed by atoms with E-state index in [1.54, 1.807) is 29.4 Å². The van der Waals surface area contributed by atoms with Crippen LogP contribution in [0.4, 0.5) is 14.9 Å². The van der Waals surface area contributed by atoms with Gasteiger partial charge in [-0.2, -0.15) is 0 Å². The highest BCUT2D eigenvalue weighted by molar-refractivity contribution is 5.95. The van der Waals surface area contributed by atoms with E-state index in [4.69, 9.17) is 0 Å². The van der Waals surface area contributed by atoms with Crippen LogP contribution < -0.4 is 10.2 Å². The fraction of sp³-hybridized carbons (Fsp3) is 0.613. The van der Waals surface area contributed by atoms with E-state index < -0.39 is 0 Å². The van der Waals surface area contributed by atoms with Crippen molar-refractivity contribution in [3.05, 3.63) is 53.9 Å². The summed E-state index contributed by atoms with van der Waals surface area (Å²) in [5.74, 6) is 0.764. The van der Waals surface area contributed by atoms with E-state index in [9.17, 15) is 14.0 Å². The Balaban J connectivity index is 1.21. The standard InChI is InChI=1S/C31H41FN6O2/c1-36(2)31(24-10-5-11-25(32)16-24)14-12-30(13-15-31)21-37(29(40)38(30)20-23-8-4-9-23)26-18-33-27(34-19-26)28(39)35-17-22-6-3-7-22/h5,10-11,16,18-19,22-23H,3-4,6-9,12-15,17,20-21H2,1-2H3,(H,35,39). The van der Waals surface area contributed by atoms with Crippen molar-refractivity contribution in [3.63, 3.8) is 0 Å². The number of hydrogen-bond donors (Lipinski definition) is 1. The van der Waals surface area contributed by atoms with Gasteiger partial charge in [0.2, 0.25) is 5.82 Å². The Labute approximate surface area is 236 Å². The smallest absolute Gasteiger partial charge is 0.325 e. The molecule has 1 aliphatic heterocycles. The largest absolute Gasteiger partial charge is 0.349 e. The summed E-state index contributed by atoms with van der Waals surface area (Å²) in [7, 11) is 4.14. The second-order valence-electron chi connectivity index (χ2n) is 12.7. The van der Waals surface area contributed by atoms with E-state index in [0.717, 1.165) is 50.6 Å². The first-order valence-electron chi connectivity index (χ1n) is 14.9. The molecule has 40 heavy (non-hydrogen) atoms. The molecular formula is C31H41FN6O2. The number of rotatable bonds is 8. The zero-order valence-corrected chi connectivity index (χ0v) is 23.7. The molecule has 2 aromatic rings. The summed E-state index contributed by atoms with van der Waals surface area (Å²) in [6.45, 7) is 2.01. The maximum Gasteiger partial charge on any atom is 0.325 e. The number of carbonyl (C=O) groups is 2. The van der Waals surface area contributed by atoms with Gasteiger partial charge in [-0.25, -0.2) is 19.2 Å². The summed E-state index contributed by atoms with van der Waals surface area (Å²) in [6, 6.07) is 6.98. The van der Waals surface area contributed by atoms with Gasteiger partial charge >= 0.3 is 6.03 Å². The van der Waals surface area contributed by atoms with Crippen molar-refractivity contribution < 1.29 is 14.0 Å². The summed E-state index contributed by atoms with van der Waals surface area (Å²) in [4.78, 5) is 41.3. The highest BCUT2D eigenvalue weighted by Crippen LogP contribution is 2.50. The van der Waals surface area contributed by atoms with Gasteiger partial charge in [0.15, 0.2) is 0 Å². The van der Waals surface area contributed by atoms with Crippen LogP contribution in [-0.4, -0.2) is 71.0 Å². The van der Waals surface area contributed by atoms with E-state index in [0.29, 0.717) is 30.6 Å². The molecule has 0 atom stereocenters. The van der Waals surface area contributed by atoms with E-state index in [1.165, 1.54) is 31.7 Å².